The van der Waals surface area contributed by atoms with Crippen molar-refractivity contribution >= 4 is 17.5 Å². The molecule has 0 radical (unpaired) electrons. The number of nitrogens with one attached hydrogen (secondary N) is 1. The number of carbonyl (C=O) groups excluding carboxylic acids is 2. The zero-order valence-corrected chi connectivity index (χ0v) is 15.0. The van der Waals surface area contributed by atoms with E-state index in [2.05, 4.69) is 15.3 Å². The van der Waals surface area contributed by atoms with Crippen LogP contribution in [0.15, 0.2) is 61.2 Å². The summed E-state index contributed by atoms with van der Waals surface area (Å²) in [5.41, 5.74) is 8.99. The van der Waals surface area contributed by atoms with Gasteiger partial charge in [-0.15, -0.1) is 0 Å². The number of aromatic nitrogens is 2. The van der Waals surface area contributed by atoms with E-state index in [9.17, 15) is 9.59 Å². The number of pyridine rings is 2. The minimum atomic E-state index is -0.550. The molecule has 0 bridgehead atoms. The maximum Gasteiger partial charge on any atom is 0.255 e. The summed E-state index contributed by atoms with van der Waals surface area (Å²) in [5, 5.41) is 2.97. The fraction of sp³-hybridized carbons (Fsp3) is 0.143. The zero-order chi connectivity index (χ0) is 19.5. The van der Waals surface area contributed by atoms with E-state index in [1.807, 2.05) is 18.2 Å². The maximum atomic E-state index is 12.5. The van der Waals surface area contributed by atoms with Crippen molar-refractivity contribution in [1.29, 1.82) is 0 Å². The number of hydrogen-bond donors (Lipinski definition) is 2. The van der Waals surface area contributed by atoms with E-state index in [1.54, 1.807) is 36.8 Å². The first-order valence-electron chi connectivity index (χ1n) is 8.86. The molecule has 2 heterocycles. The minimum absolute atomic E-state index is 0.182. The lowest BCUT2D eigenvalue weighted by atomic mass is 10.1. The van der Waals surface area contributed by atoms with Crippen molar-refractivity contribution in [1.82, 2.24) is 9.97 Å². The van der Waals surface area contributed by atoms with Gasteiger partial charge in [-0.3, -0.25) is 19.6 Å². The Hall–Kier alpha value is -3.74. The second-order valence-corrected chi connectivity index (χ2v) is 6.48. The van der Waals surface area contributed by atoms with Gasteiger partial charge >= 0.3 is 0 Å². The molecule has 0 saturated carbocycles. The van der Waals surface area contributed by atoms with Crippen LogP contribution in [0.2, 0.25) is 0 Å². The molecule has 3 N–H and O–H groups in total. The van der Waals surface area contributed by atoms with E-state index in [0.29, 0.717) is 16.9 Å². The monoisotopic (exact) mass is 374 g/mol. The van der Waals surface area contributed by atoms with Gasteiger partial charge in [0.2, 0.25) is 5.91 Å². The number of benzene rings is 1. The van der Waals surface area contributed by atoms with Crippen LogP contribution < -0.4 is 15.8 Å². The molecule has 7 nitrogen and oxygen atoms in total. The Kier molecular flexibility index (Phi) is 4.72. The molecular formula is C21H18N4O3. The van der Waals surface area contributed by atoms with Crippen molar-refractivity contribution in [2.45, 2.75) is 18.9 Å². The predicted octanol–water partition coefficient (Wildman–Crippen LogP) is 2.89. The molecule has 0 unspecified atom stereocenters. The van der Waals surface area contributed by atoms with Crippen molar-refractivity contribution in [2.75, 3.05) is 5.32 Å². The number of anilines is 1. The van der Waals surface area contributed by atoms with E-state index >= 15 is 0 Å². The SMILES string of the molecule is NC(=O)c1cncc(O[C@H]2CCc3c(NC(=O)c4ccncc4)cccc32)c1. The zero-order valence-electron chi connectivity index (χ0n) is 15.0. The first kappa shape index (κ1) is 17.7. The van der Waals surface area contributed by atoms with Gasteiger partial charge in [0.15, 0.2) is 0 Å². The Morgan fingerprint density at radius 3 is 2.68 bits per heavy atom. The van der Waals surface area contributed by atoms with Crippen molar-refractivity contribution in [2.24, 2.45) is 5.73 Å². The van der Waals surface area contributed by atoms with Crippen LogP contribution in [0, 0.1) is 0 Å². The van der Waals surface area contributed by atoms with Crippen LogP contribution in [0.25, 0.3) is 0 Å². The summed E-state index contributed by atoms with van der Waals surface area (Å²) >= 11 is 0. The molecule has 0 fully saturated rings. The van der Waals surface area contributed by atoms with Gasteiger partial charge in [0.1, 0.15) is 11.9 Å². The van der Waals surface area contributed by atoms with Gasteiger partial charge in [-0.2, -0.15) is 0 Å². The Morgan fingerprint density at radius 2 is 1.89 bits per heavy atom. The largest absolute Gasteiger partial charge is 0.484 e. The highest BCUT2D eigenvalue weighted by atomic mass is 16.5. The number of nitrogens with two attached hydrogens (primary N) is 1. The highest BCUT2D eigenvalue weighted by molar-refractivity contribution is 6.04. The van der Waals surface area contributed by atoms with Gasteiger partial charge in [-0.25, -0.2) is 0 Å². The summed E-state index contributed by atoms with van der Waals surface area (Å²) in [5.74, 6) is -0.246. The average molecular weight is 374 g/mol. The topological polar surface area (TPSA) is 107 Å². The first-order chi connectivity index (χ1) is 13.6. The third kappa shape index (κ3) is 3.55. The van der Waals surface area contributed by atoms with E-state index in [4.69, 9.17) is 10.5 Å². The average Bonchev–Trinajstić information content (AvgIpc) is 3.13. The fourth-order valence-electron chi connectivity index (χ4n) is 3.34. The Morgan fingerprint density at radius 1 is 1.07 bits per heavy atom. The first-order valence-corrected chi connectivity index (χ1v) is 8.86. The van der Waals surface area contributed by atoms with Crippen LogP contribution in [-0.2, 0) is 6.42 Å². The molecule has 140 valence electrons. The number of amides is 2. The number of rotatable bonds is 5. The summed E-state index contributed by atoms with van der Waals surface area (Å²) in [6, 6.07) is 10.7. The molecule has 1 aliphatic carbocycles. The number of nitrogens with zero attached hydrogens (tertiary/aromatic N) is 2. The predicted molar refractivity (Wildman–Crippen MR) is 103 cm³/mol. The smallest absolute Gasteiger partial charge is 0.255 e. The van der Waals surface area contributed by atoms with E-state index < -0.39 is 5.91 Å². The van der Waals surface area contributed by atoms with Gasteiger partial charge in [0, 0.05) is 29.8 Å². The molecule has 0 spiro atoms. The van der Waals surface area contributed by atoms with Crippen molar-refractivity contribution in [3.05, 3.63) is 83.4 Å². The molecule has 1 aliphatic rings. The lowest BCUT2D eigenvalue weighted by Gasteiger charge is -2.16. The summed E-state index contributed by atoms with van der Waals surface area (Å²) in [4.78, 5) is 31.7. The molecule has 1 atom stereocenters. The number of carbonyl (C=O) groups is 2. The van der Waals surface area contributed by atoms with Crippen molar-refractivity contribution in [3.8, 4) is 5.75 Å². The minimum Gasteiger partial charge on any atom is -0.484 e. The quantitative estimate of drug-likeness (QED) is 0.714. The number of ether oxygens (including phenoxy) is 1. The summed E-state index contributed by atoms with van der Waals surface area (Å²) < 4.78 is 6.05. The number of primary amides is 1. The summed E-state index contributed by atoms with van der Waals surface area (Å²) in [6.07, 6.45) is 7.49. The standard InChI is InChI=1S/C21H18N4O3/c22-20(26)14-10-15(12-24-11-14)28-19-5-4-16-17(19)2-1-3-18(16)25-21(27)13-6-8-23-9-7-13/h1-3,6-12,19H,4-5H2,(H2,22,26)(H,25,27)/t19-/m0/s1. The van der Waals surface area contributed by atoms with Crippen LogP contribution in [0.3, 0.4) is 0 Å². The van der Waals surface area contributed by atoms with Gasteiger partial charge in [-0.05, 0) is 48.2 Å². The Labute approximate surface area is 161 Å². The van der Waals surface area contributed by atoms with Gasteiger partial charge in [-0.1, -0.05) is 12.1 Å². The molecule has 0 aliphatic heterocycles. The second-order valence-electron chi connectivity index (χ2n) is 6.48. The summed E-state index contributed by atoms with van der Waals surface area (Å²) in [7, 11) is 0. The third-order valence-corrected chi connectivity index (χ3v) is 4.68. The van der Waals surface area contributed by atoms with E-state index in [1.165, 1.54) is 6.20 Å². The third-order valence-electron chi connectivity index (χ3n) is 4.68. The van der Waals surface area contributed by atoms with Gasteiger partial charge in [0.25, 0.3) is 5.91 Å². The fourth-order valence-corrected chi connectivity index (χ4v) is 3.34. The van der Waals surface area contributed by atoms with Gasteiger partial charge in [0.05, 0.1) is 11.8 Å². The van der Waals surface area contributed by atoms with Crippen LogP contribution in [0.5, 0.6) is 5.75 Å². The molecule has 4 rings (SSSR count). The lowest BCUT2D eigenvalue weighted by Crippen LogP contribution is -2.13. The second kappa shape index (κ2) is 7.48. The molecule has 2 amide bonds. The Balaban J connectivity index is 1.55. The van der Waals surface area contributed by atoms with E-state index in [0.717, 1.165) is 29.7 Å². The highest BCUT2D eigenvalue weighted by Gasteiger charge is 2.27. The maximum absolute atomic E-state index is 12.5. The summed E-state index contributed by atoms with van der Waals surface area (Å²) in [6.45, 7) is 0. The molecule has 28 heavy (non-hydrogen) atoms. The van der Waals surface area contributed by atoms with Crippen LogP contribution in [0.4, 0.5) is 5.69 Å². The van der Waals surface area contributed by atoms with Crippen molar-refractivity contribution in [3.63, 3.8) is 0 Å². The molecule has 2 aromatic heterocycles. The number of fused-ring (bicyclic) bond motifs is 1. The van der Waals surface area contributed by atoms with Crippen LogP contribution in [-0.4, -0.2) is 21.8 Å². The Bertz CT molecular complexity index is 1040. The normalized spacial score (nSPS) is 14.9. The van der Waals surface area contributed by atoms with Gasteiger partial charge < -0.3 is 15.8 Å². The molecule has 7 heteroatoms. The number of hydrogen-bond acceptors (Lipinski definition) is 5. The molecule has 1 aromatic carbocycles. The van der Waals surface area contributed by atoms with Crippen LogP contribution in [0.1, 0.15) is 44.4 Å². The lowest BCUT2D eigenvalue weighted by molar-refractivity contribution is 0.0996. The van der Waals surface area contributed by atoms with Crippen LogP contribution >= 0.6 is 0 Å². The molecule has 3 aromatic rings. The molecular weight excluding hydrogens is 356 g/mol. The highest BCUT2D eigenvalue weighted by Crippen LogP contribution is 2.38. The molecule has 0 saturated heterocycles. The van der Waals surface area contributed by atoms with Crippen molar-refractivity contribution < 1.29 is 14.3 Å². The van der Waals surface area contributed by atoms with E-state index in [-0.39, 0.29) is 12.0 Å².